The minimum atomic E-state index is -0.204. The molecule has 0 fully saturated rings. The van der Waals surface area contributed by atoms with Crippen molar-refractivity contribution in [2.24, 2.45) is 5.73 Å². The van der Waals surface area contributed by atoms with E-state index in [2.05, 4.69) is 15.9 Å². The monoisotopic (exact) mass is 349 g/mol. The fourth-order valence-electron chi connectivity index (χ4n) is 2.19. The summed E-state index contributed by atoms with van der Waals surface area (Å²) in [5.41, 5.74) is 8.18. The predicted molar refractivity (Wildman–Crippen MR) is 88.3 cm³/mol. The molecular weight excluding hydrogens is 330 g/mol. The third-order valence-electron chi connectivity index (χ3n) is 3.27. The summed E-state index contributed by atoms with van der Waals surface area (Å²) >= 11 is 3.43. The number of rotatable bonds is 6. The van der Waals surface area contributed by atoms with Gasteiger partial charge in [0.1, 0.15) is 11.9 Å². The zero-order valence-corrected chi connectivity index (χ0v) is 13.8. The Labute approximate surface area is 134 Å². The van der Waals surface area contributed by atoms with Crippen LogP contribution in [-0.4, -0.2) is 13.2 Å². The highest BCUT2D eigenvalue weighted by Gasteiger charge is 2.20. The van der Waals surface area contributed by atoms with Crippen molar-refractivity contribution >= 4 is 15.9 Å². The number of halogens is 1. The van der Waals surface area contributed by atoms with E-state index in [4.69, 9.17) is 15.2 Å². The van der Waals surface area contributed by atoms with Gasteiger partial charge in [0.25, 0.3) is 0 Å². The van der Waals surface area contributed by atoms with E-state index in [0.717, 1.165) is 21.3 Å². The average molecular weight is 350 g/mol. The lowest BCUT2D eigenvalue weighted by molar-refractivity contribution is 0.0244. The number of benzene rings is 2. The molecule has 3 nitrogen and oxygen atoms in total. The van der Waals surface area contributed by atoms with Crippen LogP contribution in [0.5, 0.6) is 5.75 Å². The van der Waals surface area contributed by atoms with E-state index in [1.165, 1.54) is 0 Å². The zero-order chi connectivity index (χ0) is 15.2. The van der Waals surface area contributed by atoms with Gasteiger partial charge in [-0.05, 0) is 30.7 Å². The lowest BCUT2D eigenvalue weighted by Crippen LogP contribution is -2.27. The number of nitrogens with two attached hydrogens (primary N) is 1. The van der Waals surface area contributed by atoms with E-state index in [9.17, 15) is 0 Å². The van der Waals surface area contributed by atoms with Gasteiger partial charge < -0.3 is 15.2 Å². The van der Waals surface area contributed by atoms with Crippen LogP contribution in [0.25, 0.3) is 0 Å². The number of para-hydroxylation sites is 1. The fraction of sp³-hybridized carbons (Fsp3) is 0.294. The fourth-order valence-corrected chi connectivity index (χ4v) is 2.46. The molecule has 0 saturated heterocycles. The van der Waals surface area contributed by atoms with Crippen molar-refractivity contribution in [2.45, 2.75) is 25.7 Å². The van der Waals surface area contributed by atoms with Gasteiger partial charge in [-0.3, -0.25) is 0 Å². The third-order valence-corrected chi connectivity index (χ3v) is 3.79. The molecule has 2 rings (SSSR count). The SMILES string of the molecule is COc1ccccc1C(OCc1ccc(Br)cc1)C(C)N. The second kappa shape index (κ2) is 7.59. The summed E-state index contributed by atoms with van der Waals surface area (Å²) in [6, 6.07) is 15.8. The Hall–Kier alpha value is -1.36. The maximum absolute atomic E-state index is 6.09. The van der Waals surface area contributed by atoms with Crippen molar-refractivity contribution in [3.8, 4) is 5.75 Å². The summed E-state index contributed by atoms with van der Waals surface area (Å²) in [5, 5.41) is 0. The average Bonchev–Trinajstić information content (AvgIpc) is 2.49. The molecular formula is C17H20BrNO2. The molecule has 21 heavy (non-hydrogen) atoms. The van der Waals surface area contributed by atoms with Gasteiger partial charge in [0.2, 0.25) is 0 Å². The highest BCUT2D eigenvalue weighted by atomic mass is 79.9. The van der Waals surface area contributed by atoms with Gasteiger partial charge in [0.15, 0.2) is 0 Å². The molecule has 2 aromatic carbocycles. The minimum Gasteiger partial charge on any atom is -0.496 e. The van der Waals surface area contributed by atoms with E-state index in [1.807, 2.05) is 55.5 Å². The van der Waals surface area contributed by atoms with Crippen LogP contribution >= 0.6 is 15.9 Å². The first kappa shape index (κ1) is 16.0. The highest BCUT2D eigenvalue weighted by Crippen LogP contribution is 2.30. The molecule has 0 aliphatic heterocycles. The van der Waals surface area contributed by atoms with Crippen molar-refractivity contribution in [3.05, 3.63) is 64.1 Å². The molecule has 4 heteroatoms. The summed E-state index contributed by atoms with van der Waals surface area (Å²) in [6.45, 7) is 2.45. The Bertz CT molecular complexity index is 569. The number of methoxy groups -OCH3 is 1. The second-order valence-electron chi connectivity index (χ2n) is 4.96. The van der Waals surface area contributed by atoms with Gasteiger partial charge in [-0.15, -0.1) is 0 Å². The first-order valence-corrected chi connectivity index (χ1v) is 7.65. The topological polar surface area (TPSA) is 44.5 Å². The highest BCUT2D eigenvalue weighted by molar-refractivity contribution is 9.10. The lowest BCUT2D eigenvalue weighted by atomic mass is 10.0. The maximum Gasteiger partial charge on any atom is 0.124 e. The van der Waals surface area contributed by atoms with Gasteiger partial charge >= 0.3 is 0 Å². The molecule has 0 heterocycles. The zero-order valence-electron chi connectivity index (χ0n) is 12.3. The van der Waals surface area contributed by atoms with Crippen LogP contribution in [0.3, 0.4) is 0 Å². The molecule has 0 aromatic heterocycles. The van der Waals surface area contributed by atoms with Crippen molar-refractivity contribution in [2.75, 3.05) is 7.11 Å². The van der Waals surface area contributed by atoms with E-state index in [-0.39, 0.29) is 12.1 Å². The van der Waals surface area contributed by atoms with Crippen LogP contribution in [0.15, 0.2) is 53.0 Å². The standard InChI is InChI=1S/C17H20BrNO2/c1-12(19)17(15-5-3-4-6-16(15)20-2)21-11-13-7-9-14(18)10-8-13/h3-10,12,17H,11,19H2,1-2H3. The van der Waals surface area contributed by atoms with Crippen LogP contribution in [0, 0.1) is 0 Å². The smallest absolute Gasteiger partial charge is 0.124 e. The Morgan fingerprint density at radius 3 is 2.38 bits per heavy atom. The van der Waals surface area contributed by atoms with Gasteiger partial charge in [-0.1, -0.05) is 46.3 Å². The quantitative estimate of drug-likeness (QED) is 0.854. The summed E-state index contributed by atoms with van der Waals surface area (Å²) in [4.78, 5) is 0. The van der Waals surface area contributed by atoms with Crippen LogP contribution < -0.4 is 10.5 Å². The van der Waals surface area contributed by atoms with Crippen molar-refractivity contribution in [1.82, 2.24) is 0 Å². The summed E-state index contributed by atoms with van der Waals surface area (Å²) < 4.78 is 12.5. The Balaban J connectivity index is 2.14. The maximum atomic E-state index is 6.09. The number of hydrogen-bond donors (Lipinski definition) is 1. The van der Waals surface area contributed by atoms with E-state index >= 15 is 0 Å². The van der Waals surface area contributed by atoms with Gasteiger partial charge in [0, 0.05) is 16.1 Å². The van der Waals surface area contributed by atoms with Crippen molar-refractivity contribution < 1.29 is 9.47 Å². The number of ether oxygens (including phenoxy) is 2. The van der Waals surface area contributed by atoms with Crippen molar-refractivity contribution in [1.29, 1.82) is 0 Å². The molecule has 0 bridgehead atoms. The van der Waals surface area contributed by atoms with E-state index in [1.54, 1.807) is 7.11 Å². The molecule has 2 N–H and O–H groups in total. The Morgan fingerprint density at radius 1 is 1.10 bits per heavy atom. The Kier molecular flexibility index (Phi) is 5.79. The largest absolute Gasteiger partial charge is 0.496 e. The molecule has 2 unspecified atom stereocenters. The molecule has 112 valence electrons. The molecule has 2 aromatic rings. The predicted octanol–water partition coefficient (Wildman–Crippen LogP) is 4.06. The van der Waals surface area contributed by atoms with Gasteiger partial charge in [-0.2, -0.15) is 0 Å². The van der Waals surface area contributed by atoms with Crippen LogP contribution in [0.4, 0.5) is 0 Å². The summed E-state index contributed by atoms with van der Waals surface area (Å²) in [7, 11) is 1.66. The molecule has 0 aliphatic rings. The normalized spacial score (nSPS) is 13.7. The van der Waals surface area contributed by atoms with E-state index < -0.39 is 0 Å². The molecule has 0 amide bonds. The minimum absolute atomic E-state index is 0.128. The Morgan fingerprint density at radius 2 is 1.76 bits per heavy atom. The molecule has 2 atom stereocenters. The first-order valence-electron chi connectivity index (χ1n) is 6.86. The number of hydrogen-bond acceptors (Lipinski definition) is 3. The van der Waals surface area contributed by atoms with Crippen LogP contribution in [0.2, 0.25) is 0 Å². The van der Waals surface area contributed by atoms with Crippen LogP contribution in [-0.2, 0) is 11.3 Å². The van der Waals surface area contributed by atoms with Crippen molar-refractivity contribution in [3.63, 3.8) is 0 Å². The van der Waals surface area contributed by atoms with Gasteiger partial charge in [0.05, 0.1) is 13.7 Å². The molecule has 0 aliphatic carbocycles. The summed E-state index contributed by atoms with van der Waals surface area (Å²) in [5.74, 6) is 0.801. The van der Waals surface area contributed by atoms with E-state index in [0.29, 0.717) is 6.61 Å². The lowest BCUT2D eigenvalue weighted by Gasteiger charge is -2.23. The van der Waals surface area contributed by atoms with Gasteiger partial charge in [-0.25, -0.2) is 0 Å². The molecule has 0 radical (unpaired) electrons. The first-order chi connectivity index (χ1) is 10.1. The molecule has 0 spiro atoms. The molecule has 0 saturated carbocycles. The van der Waals surface area contributed by atoms with Crippen LogP contribution in [0.1, 0.15) is 24.2 Å². The third kappa shape index (κ3) is 4.30. The summed E-state index contributed by atoms with van der Waals surface area (Å²) in [6.07, 6.45) is -0.204. The second-order valence-corrected chi connectivity index (χ2v) is 5.87.